The fourth-order valence-corrected chi connectivity index (χ4v) is 3.35. The first-order chi connectivity index (χ1) is 6.31. The summed E-state index contributed by atoms with van der Waals surface area (Å²) in [6, 6.07) is 0.323. The molecule has 3 heterocycles. The number of hydrogen-bond acceptors (Lipinski definition) is 3. The van der Waals surface area contributed by atoms with Crippen molar-refractivity contribution in [2.75, 3.05) is 13.1 Å². The topological polar surface area (TPSA) is 32.7 Å². The Morgan fingerprint density at radius 1 is 1.54 bits per heavy atom. The van der Waals surface area contributed by atoms with Crippen LogP contribution < -0.4 is 0 Å². The van der Waals surface area contributed by atoms with E-state index < -0.39 is 0 Å². The molecule has 5 unspecified atom stereocenters. The predicted octanol–water partition coefficient (Wildman–Crippen LogP) is 0.229. The zero-order chi connectivity index (χ0) is 9.00. The van der Waals surface area contributed by atoms with Gasteiger partial charge in [-0.15, -0.1) is 0 Å². The summed E-state index contributed by atoms with van der Waals surface area (Å²) >= 11 is 0. The van der Waals surface area contributed by atoms with Gasteiger partial charge in [-0.1, -0.05) is 6.92 Å². The Morgan fingerprint density at radius 2 is 2.38 bits per heavy atom. The van der Waals surface area contributed by atoms with Crippen LogP contribution in [0.5, 0.6) is 0 Å². The lowest BCUT2D eigenvalue weighted by Gasteiger charge is -2.25. The highest BCUT2D eigenvalue weighted by atomic mass is 16.5. The number of hydrogen-bond donors (Lipinski definition) is 1. The van der Waals surface area contributed by atoms with Crippen molar-refractivity contribution in [1.82, 2.24) is 4.90 Å². The first kappa shape index (κ1) is 8.21. The molecule has 3 aliphatic rings. The summed E-state index contributed by atoms with van der Waals surface area (Å²) in [5.74, 6) is 0.713. The van der Waals surface area contributed by atoms with Gasteiger partial charge in [0.15, 0.2) is 0 Å². The summed E-state index contributed by atoms with van der Waals surface area (Å²) < 4.78 is 5.76. The standard InChI is InChI=1S/C10H17NO2/c1-2-3-11-5-6-4-7-9(12)8(11)10(6)13-7/h6-10,12H,2-5H2,1H3. The van der Waals surface area contributed by atoms with Crippen molar-refractivity contribution in [3.05, 3.63) is 0 Å². The minimum absolute atomic E-state index is 0.154. The predicted molar refractivity (Wildman–Crippen MR) is 48.4 cm³/mol. The molecular formula is C10H17NO2. The van der Waals surface area contributed by atoms with Crippen LogP contribution in [0.3, 0.4) is 0 Å². The van der Waals surface area contributed by atoms with Gasteiger partial charge in [0.05, 0.1) is 24.4 Å². The summed E-state index contributed by atoms with van der Waals surface area (Å²) in [7, 11) is 0. The lowest BCUT2D eigenvalue weighted by molar-refractivity contribution is 0.0451. The van der Waals surface area contributed by atoms with Gasteiger partial charge >= 0.3 is 0 Å². The van der Waals surface area contributed by atoms with Gasteiger partial charge in [0.2, 0.25) is 0 Å². The molecule has 74 valence electrons. The van der Waals surface area contributed by atoms with Crippen molar-refractivity contribution in [3.8, 4) is 0 Å². The van der Waals surface area contributed by atoms with Gasteiger partial charge in [-0.05, 0) is 19.4 Å². The van der Waals surface area contributed by atoms with Gasteiger partial charge in [-0.3, -0.25) is 4.90 Å². The highest BCUT2D eigenvalue weighted by molar-refractivity contribution is 5.11. The van der Waals surface area contributed by atoms with Crippen LogP contribution in [0.25, 0.3) is 0 Å². The van der Waals surface area contributed by atoms with E-state index in [9.17, 15) is 5.11 Å². The van der Waals surface area contributed by atoms with E-state index in [1.165, 1.54) is 6.42 Å². The summed E-state index contributed by atoms with van der Waals surface area (Å²) in [5, 5.41) is 9.94. The molecule has 3 aliphatic heterocycles. The van der Waals surface area contributed by atoms with E-state index in [0.29, 0.717) is 18.1 Å². The Balaban J connectivity index is 1.82. The SMILES string of the molecule is CCCN1CC2CC3OC2C1C3O. The van der Waals surface area contributed by atoms with Gasteiger partial charge in [0.1, 0.15) is 0 Å². The van der Waals surface area contributed by atoms with E-state index in [4.69, 9.17) is 4.74 Å². The second-order valence-electron chi connectivity index (χ2n) is 4.61. The molecule has 5 atom stereocenters. The van der Waals surface area contributed by atoms with Gasteiger partial charge in [0, 0.05) is 12.5 Å². The van der Waals surface area contributed by atoms with Crippen molar-refractivity contribution in [3.63, 3.8) is 0 Å². The van der Waals surface area contributed by atoms with E-state index >= 15 is 0 Å². The molecule has 0 aromatic carbocycles. The molecule has 3 rings (SSSR count). The van der Waals surface area contributed by atoms with Gasteiger partial charge in [0.25, 0.3) is 0 Å². The maximum Gasteiger partial charge on any atom is 0.0982 e. The third kappa shape index (κ3) is 0.953. The van der Waals surface area contributed by atoms with Crippen molar-refractivity contribution in [1.29, 1.82) is 0 Å². The molecule has 1 N–H and O–H groups in total. The van der Waals surface area contributed by atoms with Crippen LogP contribution in [0.15, 0.2) is 0 Å². The van der Waals surface area contributed by atoms with Crippen LogP contribution in [-0.2, 0) is 4.74 Å². The molecule has 0 spiro atoms. The summed E-state index contributed by atoms with van der Waals surface area (Å²) in [6.07, 6.45) is 2.55. The summed E-state index contributed by atoms with van der Waals surface area (Å²) in [4.78, 5) is 2.42. The van der Waals surface area contributed by atoms with Crippen molar-refractivity contribution >= 4 is 0 Å². The van der Waals surface area contributed by atoms with Crippen molar-refractivity contribution in [2.45, 2.75) is 44.1 Å². The minimum atomic E-state index is -0.213. The molecule has 0 amide bonds. The normalized spacial score (nSPS) is 53.5. The molecule has 0 radical (unpaired) electrons. The van der Waals surface area contributed by atoms with Gasteiger partial charge < -0.3 is 9.84 Å². The lowest BCUT2D eigenvalue weighted by atomic mass is 9.88. The van der Waals surface area contributed by atoms with Crippen LogP contribution in [0, 0.1) is 5.92 Å². The number of aliphatic hydroxyl groups is 1. The molecule has 0 aromatic heterocycles. The number of likely N-dealkylation sites (tertiary alicyclic amines) is 1. The molecule has 0 aromatic rings. The number of rotatable bonds is 2. The van der Waals surface area contributed by atoms with Crippen LogP contribution in [0.4, 0.5) is 0 Å². The zero-order valence-electron chi connectivity index (χ0n) is 8.02. The quantitative estimate of drug-likeness (QED) is 0.665. The monoisotopic (exact) mass is 183 g/mol. The summed E-state index contributed by atoms with van der Waals surface area (Å²) in [5.41, 5.74) is 0. The van der Waals surface area contributed by atoms with Crippen molar-refractivity contribution < 1.29 is 9.84 Å². The smallest absolute Gasteiger partial charge is 0.0982 e. The maximum atomic E-state index is 9.94. The molecule has 0 saturated carbocycles. The van der Waals surface area contributed by atoms with E-state index in [-0.39, 0.29) is 12.2 Å². The maximum absolute atomic E-state index is 9.94. The molecule has 0 aliphatic carbocycles. The van der Waals surface area contributed by atoms with Crippen LogP contribution in [-0.4, -0.2) is 47.4 Å². The molecule has 13 heavy (non-hydrogen) atoms. The van der Waals surface area contributed by atoms with Gasteiger partial charge in [-0.25, -0.2) is 0 Å². The van der Waals surface area contributed by atoms with Gasteiger partial charge in [-0.2, -0.15) is 0 Å². The molecule has 3 heteroatoms. The number of ether oxygens (including phenoxy) is 1. The summed E-state index contributed by atoms with van der Waals surface area (Å²) in [6.45, 7) is 4.46. The highest BCUT2D eigenvalue weighted by Crippen LogP contribution is 2.46. The average Bonchev–Trinajstić information content (AvgIpc) is 2.65. The number of aliphatic hydroxyl groups excluding tert-OH is 1. The molecule has 3 nitrogen and oxygen atoms in total. The second kappa shape index (κ2) is 2.69. The largest absolute Gasteiger partial charge is 0.389 e. The first-order valence-electron chi connectivity index (χ1n) is 5.39. The molecule has 2 bridgehead atoms. The third-order valence-corrected chi connectivity index (χ3v) is 3.80. The minimum Gasteiger partial charge on any atom is -0.389 e. The third-order valence-electron chi connectivity index (χ3n) is 3.80. The first-order valence-corrected chi connectivity index (χ1v) is 5.39. The van der Waals surface area contributed by atoms with Crippen molar-refractivity contribution in [2.24, 2.45) is 5.92 Å². The van der Waals surface area contributed by atoms with Crippen LogP contribution in [0.2, 0.25) is 0 Å². The zero-order valence-corrected chi connectivity index (χ0v) is 8.02. The average molecular weight is 183 g/mol. The molecule has 3 saturated heterocycles. The van der Waals surface area contributed by atoms with E-state index in [1.807, 2.05) is 0 Å². The second-order valence-corrected chi connectivity index (χ2v) is 4.61. The Kier molecular flexibility index (Phi) is 1.70. The Labute approximate surface area is 78.7 Å². The Morgan fingerprint density at radius 3 is 3.08 bits per heavy atom. The van der Waals surface area contributed by atoms with E-state index in [2.05, 4.69) is 11.8 Å². The molecular weight excluding hydrogens is 166 g/mol. The fraction of sp³-hybridized carbons (Fsp3) is 1.00. The number of fused-ring (bicyclic) bond motifs is 1. The molecule has 3 fully saturated rings. The van der Waals surface area contributed by atoms with Crippen LogP contribution >= 0.6 is 0 Å². The van der Waals surface area contributed by atoms with Crippen LogP contribution in [0.1, 0.15) is 19.8 Å². The Hall–Kier alpha value is -0.120. The van der Waals surface area contributed by atoms with E-state index in [1.54, 1.807) is 0 Å². The van der Waals surface area contributed by atoms with E-state index in [0.717, 1.165) is 19.5 Å². The highest BCUT2D eigenvalue weighted by Gasteiger charge is 2.59. The lowest BCUT2D eigenvalue weighted by Crippen LogP contribution is -2.43. The Bertz CT molecular complexity index is 219. The fourth-order valence-electron chi connectivity index (χ4n) is 3.35. The number of nitrogens with zero attached hydrogens (tertiary/aromatic N) is 1.